The van der Waals surface area contributed by atoms with Gasteiger partial charge in [0.25, 0.3) is 5.92 Å². The lowest BCUT2D eigenvalue weighted by Gasteiger charge is -2.36. The topological polar surface area (TPSA) is 0 Å². The highest BCUT2D eigenvalue weighted by atomic mass is 19.3. The summed E-state index contributed by atoms with van der Waals surface area (Å²) in [5.74, 6) is -6.74. The molecule has 0 saturated heterocycles. The largest absolute Gasteiger partial charge is 0.255 e. The third-order valence-electron chi connectivity index (χ3n) is 6.03. The maximum atomic E-state index is 14.9. The zero-order valence-corrected chi connectivity index (χ0v) is 16.6. The predicted molar refractivity (Wildman–Crippen MR) is 105 cm³/mol. The van der Waals surface area contributed by atoms with E-state index in [1.54, 1.807) is 0 Å². The van der Waals surface area contributed by atoms with Crippen LogP contribution in [-0.4, -0.2) is 5.92 Å². The van der Waals surface area contributed by atoms with E-state index in [0.29, 0.717) is 6.42 Å². The first-order valence-electron chi connectivity index (χ1n) is 10.2. The van der Waals surface area contributed by atoms with Gasteiger partial charge in [0, 0.05) is 6.42 Å². The lowest BCUT2D eigenvalue weighted by molar-refractivity contribution is -0.0625. The molecule has 0 N–H and O–H groups in total. The molecule has 1 aliphatic carbocycles. The summed E-state index contributed by atoms with van der Waals surface area (Å²) in [6.07, 6.45) is 4.87. The first-order chi connectivity index (χ1) is 13.3. The second-order valence-electron chi connectivity index (χ2n) is 8.09. The highest BCUT2D eigenvalue weighted by Crippen LogP contribution is 2.50. The van der Waals surface area contributed by atoms with Crippen molar-refractivity contribution in [2.24, 2.45) is 0 Å². The molecular formula is C24H28F4. The van der Waals surface area contributed by atoms with E-state index >= 15 is 0 Å². The van der Waals surface area contributed by atoms with Crippen LogP contribution in [0.1, 0.15) is 79.5 Å². The van der Waals surface area contributed by atoms with Gasteiger partial charge in [-0.3, -0.25) is 0 Å². The Morgan fingerprint density at radius 1 is 0.929 bits per heavy atom. The zero-order chi connectivity index (χ0) is 20.3. The molecule has 0 radical (unpaired) electrons. The van der Waals surface area contributed by atoms with Crippen molar-refractivity contribution in [3.63, 3.8) is 0 Å². The average molecular weight is 392 g/mol. The quantitative estimate of drug-likeness (QED) is 0.349. The summed E-state index contributed by atoms with van der Waals surface area (Å²) in [5, 5.41) is 0. The van der Waals surface area contributed by atoms with Gasteiger partial charge in [-0.1, -0.05) is 56.2 Å². The molecule has 0 amide bonds. The van der Waals surface area contributed by atoms with E-state index in [4.69, 9.17) is 0 Å². The van der Waals surface area contributed by atoms with Crippen LogP contribution in [0.4, 0.5) is 17.6 Å². The van der Waals surface area contributed by atoms with Crippen molar-refractivity contribution in [1.82, 2.24) is 0 Å². The maximum Gasteiger partial charge on any atom is 0.255 e. The Morgan fingerprint density at radius 2 is 1.64 bits per heavy atom. The van der Waals surface area contributed by atoms with Crippen LogP contribution in [0.3, 0.4) is 0 Å². The molecule has 0 heterocycles. The number of aryl methyl sites for hydroxylation is 2. The lowest BCUT2D eigenvalue weighted by atomic mass is 9.73. The highest BCUT2D eigenvalue weighted by molar-refractivity contribution is 5.32. The number of hydrogen-bond acceptors (Lipinski definition) is 0. The van der Waals surface area contributed by atoms with Crippen LogP contribution in [-0.2, 0) is 6.42 Å². The molecule has 2 aromatic rings. The van der Waals surface area contributed by atoms with Crippen molar-refractivity contribution in [2.75, 3.05) is 0 Å². The molecule has 152 valence electrons. The minimum atomic E-state index is -3.06. The SMILES string of the molecule is CCCCCc1ccc(C2CCC(c3ccc(C)c(F)c3F)C(F)(F)C2)cc1. The predicted octanol–water partition coefficient (Wildman–Crippen LogP) is 7.69. The monoisotopic (exact) mass is 392 g/mol. The Hall–Kier alpha value is -1.84. The van der Waals surface area contributed by atoms with Crippen LogP contribution < -0.4 is 0 Å². The second-order valence-corrected chi connectivity index (χ2v) is 8.09. The molecule has 2 aromatic carbocycles. The molecule has 2 unspecified atom stereocenters. The van der Waals surface area contributed by atoms with Crippen molar-refractivity contribution in [3.05, 3.63) is 70.3 Å². The maximum absolute atomic E-state index is 14.9. The number of unbranched alkanes of at least 4 members (excludes halogenated alkanes) is 2. The van der Waals surface area contributed by atoms with Gasteiger partial charge in [0.15, 0.2) is 11.6 Å². The first-order valence-corrected chi connectivity index (χ1v) is 10.2. The molecule has 28 heavy (non-hydrogen) atoms. The molecule has 1 saturated carbocycles. The van der Waals surface area contributed by atoms with E-state index < -0.39 is 23.5 Å². The highest BCUT2D eigenvalue weighted by Gasteiger charge is 2.47. The number of halogens is 4. The standard InChI is InChI=1S/C24H28F4/c1-3-4-5-6-17-8-10-18(11-9-17)19-12-14-21(24(27,28)15-19)20-13-7-16(2)22(25)23(20)26/h7-11,13,19,21H,3-6,12,14-15H2,1-2H3. The van der Waals surface area contributed by atoms with Gasteiger partial charge in [0.1, 0.15) is 0 Å². The van der Waals surface area contributed by atoms with E-state index in [9.17, 15) is 17.6 Å². The molecule has 0 aromatic heterocycles. The van der Waals surface area contributed by atoms with E-state index in [0.717, 1.165) is 18.4 Å². The molecule has 2 atom stereocenters. The Labute approximate surface area is 165 Å². The summed E-state index contributed by atoms with van der Waals surface area (Å²) < 4.78 is 57.9. The average Bonchev–Trinajstić information content (AvgIpc) is 2.67. The van der Waals surface area contributed by atoms with Crippen LogP contribution in [0.25, 0.3) is 0 Å². The van der Waals surface area contributed by atoms with Crippen LogP contribution in [0.15, 0.2) is 36.4 Å². The molecular weight excluding hydrogens is 364 g/mol. The lowest BCUT2D eigenvalue weighted by Crippen LogP contribution is -2.34. The van der Waals surface area contributed by atoms with E-state index in [-0.39, 0.29) is 29.9 Å². The summed E-state index contributed by atoms with van der Waals surface area (Å²) in [4.78, 5) is 0. The molecule has 1 fully saturated rings. The fraction of sp³-hybridized carbons (Fsp3) is 0.500. The third kappa shape index (κ3) is 4.42. The molecule has 0 nitrogen and oxygen atoms in total. The number of rotatable bonds is 6. The Bertz CT molecular complexity index is 795. The fourth-order valence-electron chi connectivity index (χ4n) is 4.29. The van der Waals surface area contributed by atoms with Gasteiger partial charge in [0.2, 0.25) is 0 Å². The van der Waals surface area contributed by atoms with E-state index in [1.165, 1.54) is 37.5 Å². The third-order valence-corrected chi connectivity index (χ3v) is 6.03. The summed E-state index contributed by atoms with van der Waals surface area (Å²) in [6, 6.07) is 10.7. The Kier molecular flexibility index (Phi) is 6.47. The normalized spacial score (nSPS) is 21.6. The molecule has 3 rings (SSSR count). The first kappa shape index (κ1) is 20.9. The molecule has 0 aliphatic heterocycles. The van der Waals surface area contributed by atoms with Gasteiger partial charge in [0.05, 0.1) is 5.92 Å². The van der Waals surface area contributed by atoms with Gasteiger partial charge < -0.3 is 0 Å². The van der Waals surface area contributed by atoms with Crippen molar-refractivity contribution >= 4 is 0 Å². The van der Waals surface area contributed by atoms with Gasteiger partial charge >= 0.3 is 0 Å². The summed E-state index contributed by atoms with van der Waals surface area (Å²) in [6.45, 7) is 3.60. The summed E-state index contributed by atoms with van der Waals surface area (Å²) >= 11 is 0. The van der Waals surface area contributed by atoms with Gasteiger partial charge in [-0.25, -0.2) is 17.6 Å². The molecule has 4 heteroatoms. The van der Waals surface area contributed by atoms with Crippen molar-refractivity contribution in [2.45, 2.75) is 76.6 Å². The van der Waals surface area contributed by atoms with Crippen molar-refractivity contribution in [1.29, 1.82) is 0 Å². The fourth-order valence-corrected chi connectivity index (χ4v) is 4.29. The van der Waals surface area contributed by atoms with Gasteiger partial charge in [-0.2, -0.15) is 0 Å². The Morgan fingerprint density at radius 3 is 2.29 bits per heavy atom. The number of benzene rings is 2. The summed E-state index contributed by atoms with van der Waals surface area (Å²) in [7, 11) is 0. The Balaban J connectivity index is 1.72. The van der Waals surface area contributed by atoms with Crippen LogP contribution in [0.5, 0.6) is 0 Å². The minimum absolute atomic E-state index is 0.136. The number of hydrogen-bond donors (Lipinski definition) is 0. The van der Waals surface area contributed by atoms with Crippen LogP contribution >= 0.6 is 0 Å². The van der Waals surface area contributed by atoms with Crippen molar-refractivity contribution in [3.8, 4) is 0 Å². The van der Waals surface area contributed by atoms with E-state index in [2.05, 4.69) is 6.92 Å². The van der Waals surface area contributed by atoms with Crippen molar-refractivity contribution < 1.29 is 17.6 Å². The summed E-state index contributed by atoms with van der Waals surface area (Å²) in [5.41, 5.74) is 2.08. The second kappa shape index (κ2) is 8.67. The van der Waals surface area contributed by atoms with E-state index in [1.807, 2.05) is 24.3 Å². The van der Waals surface area contributed by atoms with Gasteiger partial charge in [-0.05, 0) is 60.8 Å². The van der Waals surface area contributed by atoms with Gasteiger partial charge in [-0.15, -0.1) is 0 Å². The smallest absolute Gasteiger partial charge is 0.206 e. The molecule has 0 bridgehead atoms. The van der Waals surface area contributed by atoms with Crippen LogP contribution in [0.2, 0.25) is 0 Å². The minimum Gasteiger partial charge on any atom is -0.206 e. The zero-order valence-electron chi connectivity index (χ0n) is 16.6. The van der Waals surface area contributed by atoms with Crippen LogP contribution in [0, 0.1) is 18.6 Å². The molecule has 0 spiro atoms. The number of alkyl halides is 2. The molecule has 1 aliphatic rings.